The van der Waals surface area contributed by atoms with E-state index in [9.17, 15) is 4.79 Å². The van der Waals surface area contributed by atoms with Gasteiger partial charge in [0, 0.05) is 29.6 Å². The van der Waals surface area contributed by atoms with E-state index in [0.29, 0.717) is 29.5 Å². The van der Waals surface area contributed by atoms with Crippen LogP contribution in [0, 0.1) is 0 Å². The quantitative estimate of drug-likeness (QED) is 0.796. The van der Waals surface area contributed by atoms with Gasteiger partial charge in [-0.25, -0.2) is 4.98 Å². The summed E-state index contributed by atoms with van der Waals surface area (Å²) in [6, 6.07) is 6.95. The van der Waals surface area contributed by atoms with Crippen molar-refractivity contribution >= 4 is 34.7 Å². The lowest BCUT2D eigenvalue weighted by atomic mass is 10.2. The van der Waals surface area contributed by atoms with E-state index in [1.54, 1.807) is 40.2 Å². The number of amides is 1. The third-order valence-corrected chi connectivity index (χ3v) is 4.09. The molecule has 1 amide bonds. The molecule has 0 aliphatic carbocycles. The highest BCUT2D eigenvalue weighted by Crippen LogP contribution is 2.26. The fraction of sp³-hybridized carbons (Fsp3) is 0.200. The summed E-state index contributed by atoms with van der Waals surface area (Å²) in [6.07, 6.45) is 5.68. The molecule has 23 heavy (non-hydrogen) atoms. The number of nitrogens with zero attached hydrogens (tertiary/aromatic N) is 5. The van der Waals surface area contributed by atoms with E-state index < -0.39 is 0 Å². The first-order valence-electron chi connectivity index (χ1n) is 7.20. The van der Waals surface area contributed by atoms with Crippen LogP contribution >= 0.6 is 11.6 Å². The van der Waals surface area contributed by atoms with Gasteiger partial charge in [-0.1, -0.05) is 17.7 Å². The van der Waals surface area contributed by atoms with Gasteiger partial charge in [-0.2, -0.15) is 0 Å². The molecule has 1 saturated heterocycles. The third-order valence-electron chi connectivity index (χ3n) is 3.85. The summed E-state index contributed by atoms with van der Waals surface area (Å²) in [6.45, 7) is 0.632. The summed E-state index contributed by atoms with van der Waals surface area (Å²) < 4.78 is 1.75. The number of anilines is 2. The average molecular weight is 329 g/mol. The standard InChI is InChI=1S/C15H13ClN6O/c16-10-2-1-3-11(8-10)22-6-4-12(15(22)23)19-13-14-20-18-9-21(14)7-5-17-13/h1-3,5,7-9,12H,4,6H2,(H,17,19)/t12-/m0/s1. The molecule has 0 saturated carbocycles. The number of hydrogen-bond donors (Lipinski definition) is 1. The van der Waals surface area contributed by atoms with Gasteiger partial charge < -0.3 is 10.2 Å². The van der Waals surface area contributed by atoms with Crippen LogP contribution in [0.1, 0.15) is 6.42 Å². The molecule has 0 spiro atoms. The first kappa shape index (κ1) is 14.0. The van der Waals surface area contributed by atoms with Gasteiger partial charge >= 0.3 is 0 Å². The molecule has 3 aromatic rings. The molecule has 7 nitrogen and oxygen atoms in total. The van der Waals surface area contributed by atoms with Crippen LogP contribution in [0.5, 0.6) is 0 Å². The van der Waals surface area contributed by atoms with E-state index in [-0.39, 0.29) is 11.9 Å². The zero-order valence-electron chi connectivity index (χ0n) is 12.1. The minimum absolute atomic E-state index is 0.00409. The molecule has 0 radical (unpaired) electrons. The number of rotatable bonds is 3. The Morgan fingerprint density at radius 1 is 1.35 bits per heavy atom. The highest BCUT2D eigenvalue weighted by molar-refractivity contribution is 6.31. The predicted molar refractivity (Wildman–Crippen MR) is 86.6 cm³/mol. The van der Waals surface area contributed by atoms with Gasteiger partial charge in [0.05, 0.1) is 0 Å². The maximum absolute atomic E-state index is 12.6. The van der Waals surface area contributed by atoms with Crippen LogP contribution < -0.4 is 10.2 Å². The minimum Gasteiger partial charge on any atom is -0.355 e. The summed E-state index contributed by atoms with van der Waals surface area (Å²) in [7, 11) is 0. The van der Waals surface area contributed by atoms with Gasteiger partial charge in [0.25, 0.3) is 0 Å². The molecule has 1 aliphatic heterocycles. The third kappa shape index (κ3) is 2.49. The number of nitrogens with one attached hydrogen (secondary N) is 1. The lowest BCUT2D eigenvalue weighted by Gasteiger charge is -2.17. The monoisotopic (exact) mass is 328 g/mol. The molecule has 4 rings (SSSR count). The molecule has 3 heterocycles. The Labute approximate surface area is 136 Å². The Bertz CT molecular complexity index is 879. The zero-order valence-corrected chi connectivity index (χ0v) is 12.8. The lowest BCUT2D eigenvalue weighted by molar-refractivity contribution is -0.117. The van der Waals surface area contributed by atoms with E-state index in [4.69, 9.17) is 11.6 Å². The molecule has 0 unspecified atom stereocenters. The number of fused-ring (bicyclic) bond motifs is 1. The van der Waals surface area contributed by atoms with E-state index in [0.717, 1.165) is 5.69 Å². The molecular weight excluding hydrogens is 316 g/mol. The van der Waals surface area contributed by atoms with Crippen molar-refractivity contribution in [3.05, 3.63) is 48.0 Å². The van der Waals surface area contributed by atoms with E-state index in [1.807, 2.05) is 12.1 Å². The summed E-state index contributed by atoms with van der Waals surface area (Å²) in [5.74, 6) is 0.548. The molecule has 1 aliphatic rings. The van der Waals surface area contributed by atoms with Gasteiger partial charge in [0.15, 0.2) is 5.82 Å². The lowest BCUT2D eigenvalue weighted by Crippen LogP contribution is -2.33. The van der Waals surface area contributed by atoms with Crippen molar-refractivity contribution in [1.29, 1.82) is 0 Å². The second kappa shape index (κ2) is 5.51. The van der Waals surface area contributed by atoms with Crippen LogP contribution in [0.4, 0.5) is 11.5 Å². The zero-order chi connectivity index (χ0) is 15.8. The van der Waals surface area contributed by atoms with Crippen molar-refractivity contribution < 1.29 is 4.79 Å². The second-order valence-corrected chi connectivity index (χ2v) is 5.73. The van der Waals surface area contributed by atoms with Gasteiger partial charge in [0.1, 0.15) is 12.4 Å². The number of aromatic nitrogens is 4. The van der Waals surface area contributed by atoms with Crippen LogP contribution in [0.25, 0.3) is 5.65 Å². The minimum atomic E-state index is -0.343. The predicted octanol–water partition coefficient (Wildman–Crippen LogP) is 2.00. The fourth-order valence-corrected chi connectivity index (χ4v) is 2.92. The molecule has 116 valence electrons. The first-order valence-corrected chi connectivity index (χ1v) is 7.58. The Hall–Kier alpha value is -2.67. The van der Waals surface area contributed by atoms with Crippen molar-refractivity contribution in [3.8, 4) is 0 Å². The maximum atomic E-state index is 12.6. The topological polar surface area (TPSA) is 75.4 Å². The van der Waals surface area contributed by atoms with Crippen LogP contribution in [0.2, 0.25) is 5.02 Å². The van der Waals surface area contributed by atoms with Crippen molar-refractivity contribution in [3.63, 3.8) is 0 Å². The van der Waals surface area contributed by atoms with Crippen molar-refractivity contribution in [2.45, 2.75) is 12.5 Å². The first-order chi connectivity index (χ1) is 11.2. The highest BCUT2D eigenvalue weighted by Gasteiger charge is 2.33. The van der Waals surface area contributed by atoms with Crippen LogP contribution in [-0.4, -0.2) is 38.1 Å². The van der Waals surface area contributed by atoms with Gasteiger partial charge in [-0.15, -0.1) is 10.2 Å². The molecule has 1 aromatic carbocycles. The van der Waals surface area contributed by atoms with Crippen LogP contribution in [0.15, 0.2) is 43.0 Å². The van der Waals surface area contributed by atoms with Crippen LogP contribution in [-0.2, 0) is 4.79 Å². The van der Waals surface area contributed by atoms with Crippen molar-refractivity contribution in [2.75, 3.05) is 16.8 Å². The summed E-state index contributed by atoms with van der Waals surface area (Å²) in [5, 5.41) is 11.7. The Morgan fingerprint density at radius 2 is 2.26 bits per heavy atom. The molecule has 2 aromatic heterocycles. The van der Waals surface area contributed by atoms with E-state index in [1.165, 1.54) is 0 Å². The molecule has 1 fully saturated rings. The largest absolute Gasteiger partial charge is 0.355 e. The molecule has 0 bridgehead atoms. The summed E-state index contributed by atoms with van der Waals surface area (Å²) >= 11 is 6.01. The van der Waals surface area contributed by atoms with Gasteiger partial charge in [-0.3, -0.25) is 9.20 Å². The Morgan fingerprint density at radius 3 is 3.13 bits per heavy atom. The number of benzene rings is 1. The molecular formula is C15H13ClN6O. The normalized spacial score (nSPS) is 17.9. The SMILES string of the molecule is O=C1[C@@H](Nc2nccn3cnnc23)CCN1c1cccc(Cl)c1. The van der Waals surface area contributed by atoms with Crippen molar-refractivity contribution in [1.82, 2.24) is 19.6 Å². The van der Waals surface area contributed by atoms with E-state index in [2.05, 4.69) is 20.5 Å². The molecule has 1 N–H and O–H groups in total. The number of carbonyl (C=O) groups is 1. The molecule has 1 atom stereocenters. The van der Waals surface area contributed by atoms with Crippen molar-refractivity contribution in [2.24, 2.45) is 0 Å². The van der Waals surface area contributed by atoms with Gasteiger partial charge in [0.2, 0.25) is 11.6 Å². The smallest absolute Gasteiger partial charge is 0.249 e. The molecule has 8 heteroatoms. The fourth-order valence-electron chi connectivity index (χ4n) is 2.74. The second-order valence-electron chi connectivity index (χ2n) is 5.29. The van der Waals surface area contributed by atoms with E-state index >= 15 is 0 Å². The highest BCUT2D eigenvalue weighted by atomic mass is 35.5. The number of hydrogen-bond acceptors (Lipinski definition) is 5. The Balaban J connectivity index is 1.57. The number of halogens is 1. The summed E-state index contributed by atoms with van der Waals surface area (Å²) in [4.78, 5) is 18.6. The Kier molecular flexibility index (Phi) is 3.34. The summed E-state index contributed by atoms with van der Waals surface area (Å²) in [5.41, 5.74) is 1.40. The maximum Gasteiger partial charge on any atom is 0.249 e. The van der Waals surface area contributed by atoms with Crippen LogP contribution in [0.3, 0.4) is 0 Å². The average Bonchev–Trinajstić information content (AvgIpc) is 3.16. The number of carbonyl (C=O) groups excluding carboxylic acids is 1. The van der Waals surface area contributed by atoms with Gasteiger partial charge in [-0.05, 0) is 24.6 Å².